The molecule has 4 aromatic rings. The molecule has 210 valence electrons. The molecule has 0 atom stereocenters. The van der Waals surface area contributed by atoms with Gasteiger partial charge >= 0.3 is 0 Å². The maximum absolute atomic E-state index is 15.4. The van der Waals surface area contributed by atoms with E-state index in [0.29, 0.717) is 0 Å². The lowest BCUT2D eigenvalue weighted by Gasteiger charge is -2.27. The number of hydrogen-bond acceptors (Lipinski definition) is 0. The first-order chi connectivity index (χ1) is 19.3. The van der Waals surface area contributed by atoms with Crippen molar-refractivity contribution in [2.45, 2.75) is 13.1 Å². The van der Waals surface area contributed by atoms with Crippen molar-refractivity contribution in [1.29, 1.82) is 0 Å². The van der Waals surface area contributed by atoms with Gasteiger partial charge in [0, 0.05) is 0 Å². The first-order valence-corrected chi connectivity index (χ1v) is 15.0. The molecule has 1 aliphatic rings. The second-order valence-corrected chi connectivity index (χ2v) is 14.0. The lowest BCUT2D eigenvalue weighted by Crippen LogP contribution is -2.31. The number of hydrogen-bond donors (Lipinski definition) is 0. The molecule has 0 saturated carbocycles. The second kappa shape index (κ2) is 10.1. The summed E-state index contributed by atoms with van der Waals surface area (Å²) in [7, 11) is -4.14. The Hall–Kier alpha value is -4.12. The largest absolute Gasteiger partial charge is 0.203 e. The van der Waals surface area contributed by atoms with E-state index in [-0.39, 0.29) is 22.3 Å². The predicted octanol–water partition coefficient (Wildman–Crippen LogP) is 9.40. The fourth-order valence-corrected chi connectivity index (χ4v) is 9.04. The molecule has 0 aliphatic carbocycles. The van der Waals surface area contributed by atoms with Crippen LogP contribution in [0.1, 0.15) is 22.3 Å². The van der Waals surface area contributed by atoms with Gasteiger partial charge in [-0.1, -0.05) is 73.8 Å². The molecule has 4 aromatic carbocycles. The third-order valence-electron chi connectivity index (χ3n) is 7.04. The molecule has 41 heavy (non-hydrogen) atoms. The molecule has 0 unspecified atom stereocenters. The molecule has 0 N–H and O–H groups in total. The zero-order valence-electron chi connectivity index (χ0n) is 21.1. The predicted molar refractivity (Wildman–Crippen MR) is 136 cm³/mol. The molecule has 1 aliphatic heterocycles. The summed E-state index contributed by atoms with van der Waals surface area (Å²) in [5.74, 6) is -22.6. The van der Waals surface area contributed by atoms with Crippen molar-refractivity contribution in [2.75, 3.05) is 0 Å². The highest BCUT2D eigenvalue weighted by molar-refractivity contribution is 7.13. The summed E-state index contributed by atoms with van der Waals surface area (Å²) in [4.78, 5) is 0. The average Bonchev–Trinajstić information content (AvgIpc) is 3.21. The zero-order valence-corrected chi connectivity index (χ0v) is 22.1. The highest BCUT2D eigenvalue weighted by Gasteiger charge is 2.49. The summed E-state index contributed by atoms with van der Waals surface area (Å²) in [6.45, 7) is 2.54. The van der Waals surface area contributed by atoms with Crippen LogP contribution in [0.15, 0.2) is 60.7 Å². The summed E-state index contributed by atoms with van der Waals surface area (Å²) in [6, 6.07) is 14.8. The second-order valence-electron chi connectivity index (χ2n) is 9.75. The van der Waals surface area contributed by atoms with E-state index in [0.717, 1.165) is 0 Å². The van der Waals surface area contributed by atoms with Crippen molar-refractivity contribution in [3.63, 3.8) is 0 Å². The Labute approximate surface area is 227 Å². The van der Waals surface area contributed by atoms with Gasteiger partial charge in [-0.3, -0.25) is 0 Å². The van der Waals surface area contributed by atoms with Crippen molar-refractivity contribution >= 4 is 29.6 Å². The van der Waals surface area contributed by atoms with Crippen LogP contribution in [0.4, 0.5) is 43.9 Å². The van der Waals surface area contributed by atoms with Crippen LogP contribution in [0.5, 0.6) is 0 Å². The molecule has 0 saturated heterocycles. The van der Waals surface area contributed by atoms with Crippen molar-refractivity contribution in [3.8, 4) is 0 Å². The van der Waals surface area contributed by atoms with Gasteiger partial charge in [0.05, 0.1) is 11.1 Å². The topological polar surface area (TPSA) is 0 Å². The Kier molecular flexibility index (Phi) is 6.97. The van der Waals surface area contributed by atoms with Crippen molar-refractivity contribution in [3.05, 3.63) is 141 Å². The van der Waals surface area contributed by atoms with Crippen LogP contribution in [-0.2, 0) is 0 Å². The van der Waals surface area contributed by atoms with Crippen LogP contribution >= 0.6 is 0 Å². The Morgan fingerprint density at radius 1 is 0.366 bits per heavy atom. The van der Waals surface area contributed by atoms with Crippen molar-refractivity contribution < 1.29 is 43.9 Å². The molecule has 11 heteroatoms. The van der Waals surface area contributed by atoms with E-state index in [9.17, 15) is 26.3 Å². The number of benzene rings is 4. The number of allylic oxidation sites excluding steroid dienone is 2. The summed E-state index contributed by atoms with van der Waals surface area (Å²) >= 11 is 0. The lowest BCUT2D eigenvalue weighted by molar-refractivity contribution is 0.376. The van der Waals surface area contributed by atoms with Gasteiger partial charge in [-0.15, -0.1) is 0 Å². The number of rotatable bonds is 4. The normalized spacial score (nSPS) is 14.8. The molecule has 0 fully saturated rings. The number of halogens is 10. The third kappa shape index (κ3) is 4.13. The molecule has 0 radical (unpaired) electrons. The minimum Gasteiger partial charge on any atom is -0.203 e. The zero-order chi connectivity index (χ0) is 30.0. The molecule has 0 spiro atoms. The molecule has 1 heterocycles. The summed E-state index contributed by atoms with van der Waals surface area (Å²) in [5, 5.41) is -0.955. The quantitative estimate of drug-likeness (QED) is 0.0956. The van der Waals surface area contributed by atoms with Gasteiger partial charge in [0.15, 0.2) is 46.5 Å². The van der Waals surface area contributed by atoms with Crippen molar-refractivity contribution in [1.82, 2.24) is 0 Å². The molecule has 0 aromatic heterocycles. The van der Waals surface area contributed by atoms with Crippen LogP contribution in [0.25, 0.3) is 21.5 Å². The Morgan fingerprint density at radius 2 is 0.610 bits per heavy atom. The van der Waals surface area contributed by atoms with Gasteiger partial charge < -0.3 is 0 Å². The molecule has 0 nitrogen and oxygen atoms in total. The van der Waals surface area contributed by atoms with E-state index in [4.69, 9.17) is 0 Å². The third-order valence-corrected chi connectivity index (χ3v) is 10.5. The monoisotopic (exact) mass is 594 g/mol. The van der Waals surface area contributed by atoms with Crippen molar-refractivity contribution in [2.24, 2.45) is 0 Å². The van der Waals surface area contributed by atoms with E-state index in [1.165, 1.54) is 61.6 Å². The first kappa shape index (κ1) is 28.4. The van der Waals surface area contributed by atoms with Crippen LogP contribution in [0.2, 0.25) is 13.1 Å². The molecule has 0 amide bonds. The molecular weight excluding hydrogens is 578 g/mol. The smallest absolute Gasteiger partial charge is 0.200 e. The van der Waals surface area contributed by atoms with Crippen LogP contribution in [-0.4, -0.2) is 8.07 Å². The Balaban J connectivity index is 2.06. The fraction of sp³-hybridized carbons (Fsp3) is 0.0667. The highest BCUT2D eigenvalue weighted by Crippen LogP contribution is 2.57. The van der Waals surface area contributed by atoms with E-state index >= 15 is 17.6 Å². The van der Waals surface area contributed by atoms with Crippen LogP contribution in [0, 0.1) is 58.2 Å². The van der Waals surface area contributed by atoms with Gasteiger partial charge in [-0.2, -0.15) is 0 Å². The van der Waals surface area contributed by atoms with Gasteiger partial charge in [-0.05, 0) is 32.7 Å². The minimum atomic E-state index is -4.14. The minimum absolute atomic E-state index is 0.143. The van der Waals surface area contributed by atoms with E-state index in [2.05, 4.69) is 0 Å². The SMILES string of the molecule is C[Si]1(C)C(c2c(F)c(F)c(F)c(F)c2F)=C(c2ccccc2)C(c2ccccc2)=C1c1c(F)c(F)c(F)c(F)c1F. The van der Waals surface area contributed by atoms with Gasteiger partial charge in [-0.25, -0.2) is 43.9 Å². The van der Waals surface area contributed by atoms with Gasteiger partial charge in [0.2, 0.25) is 11.6 Å². The standard InChI is InChI=1S/C30H16F10Si/c1-41(2)29(17-19(31)23(35)27(39)24(36)20(17)32)15(13-9-5-3-6-10-13)16(14-11-7-4-8-12-14)30(41)18-21(33)25(37)28(40)26(38)22(18)34/h3-12H,1-2H3. The van der Waals surface area contributed by atoms with Gasteiger partial charge in [0.1, 0.15) is 8.07 Å². The Bertz CT molecular complexity index is 1600. The van der Waals surface area contributed by atoms with Crippen LogP contribution < -0.4 is 0 Å². The van der Waals surface area contributed by atoms with Gasteiger partial charge in [0.25, 0.3) is 0 Å². The Morgan fingerprint density at radius 3 is 0.878 bits per heavy atom. The molecule has 0 bridgehead atoms. The van der Waals surface area contributed by atoms with E-state index < -0.39 is 87.8 Å². The maximum Gasteiger partial charge on any atom is 0.200 e. The molecular formula is C30H16F10Si. The van der Waals surface area contributed by atoms with E-state index in [1.807, 2.05) is 0 Å². The fourth-order valence-electron chi connectivity index (χ4n) is 5.31. The van der Waals surface area contributed by atoms with E-state index in [1.54, 1.807) is 12.1 Å². The summed E-state index contributed by atoms with van der Waals surface area (Å²) < 4.78 is 148. The average molecular weight is 595 g/mol. The first-order valence-electron chi connectivity index (χ1n) is 12.0. The summed E-state index contributed by atoms with van der Waals surface area (Å²) in [5.41, 5.74) is -2.74. The van der Waals surface area contributed by atoms with Crippen LogP contribution in [0.3, 0.4) is 0 Å². The molecule has 5 rings (SSSR count). The lowest BCUT2D eigenvalue weighted by atomic mass is 9.89. The highest BCUT2D eigenvalue weighted by atomic mass is 28.3. The maximum atomic E-state index is 15.4. The summed E-state index contributed by atoms with van der Waals surface area (Å²) in [6.07, 6.45) is 0.